The molecule has 1 unspecified atom stereocenters. The van der Waals surface area contributed by atoms with E-state index in [2.05, 4.69) is 38.7 Å². The molecule has 2 saturated heterocycles. The van der Waals surface area contributed by atoms with E-state index in [1.807, 2.05) is 22.8 Å². The monoisotopic (exact) mass is 440 g/mol. The number of pyridine rings is 1. The van der Waals surface area contributed by atoms with Crippen molar-refractivity contribution in [3.05, 3.63) is 34.5 Å². The molecule has 0 bridgehead atoms. The predicted molar refractivity (Wildman–Crippen MR) is 118 cm³/mol. The number of azide groups is 1. The molecule has 0 amide bonds. The van der Waals surface area contributed by atoms with Crippen molar-refractivity contribution in [2.24, 2.45) is 11.0 Å². The maximum absolute atomic E-state index is 8.88. The van der Waals surface area contributed by atoms with E-state index in [9.17, 15) is 0 Å². The van der Waals surface area contributed by atoms with Gasteiger partial charge in [-0.2, -0.15) is 0 Å². The molecule has 0 N–H and O–H groups in total. The Morgan fingerprint density at radius 3 is 3.00 bits per heavy atom. The average Bonchev–Trinajstić information content (AvgIpc) is 3.47. The summed E-state index contributed by atoms with van der Waals surface area (Å²) in [6, 6.07) is 4.02. The first-order valence-electron chi connectivity index (χ1n) is 10.4. The molecule has 0 spiro atoms. The van der Waals surface area contributed by atoms with E-state index < -0.39 is 0 Å². The molecule has 162 valence electrons. The van der Waals surface area contributed by atoms with Gasteiger partial charge in [-0.25, -0.2) is 14.5 Å². The van der Waals surface area contributed by atoms with Crippen molar-refractivity contribution in [2.75, 3.05) is 31.7 Å². The van der Waals surface area contributed by atoms with Crippen molar-refractivity contribution in [3.63, 3.8) is 0 Å². The summed E-state index contributed by atoms with van der Waals surface area (Å²) in [5.41, 5.74) is 11.6. The first-order valence-corrected chi connectivity index (χ1v) is 11.2. The van der Waals surface area contributed by atoms with Gasteiger partial charge in [0.25, 0.3) is 0 Å². The number of imidazole rings is 1. The first-order chi connectivity index (χ1) is 15.1. The SMILES string of the molecule is COc1nc(C(C)C)ccc1-c1cnc2sc(N3C[C@@H]4OCCC(N=[N+]=[N-])[C@H]4C3)nn12. The molecule has 0 radical (unpaired) electrons. The summed E-state index contributed by atoms with van der Waals surface area (Å²) in [4.78, 5) is 15.3. The largest absolute Gasteiger partial charge is 0.480 e. The number of hydrogen-bond acceptors (Lipinski definition) is 8. The Bertz CT molecular complexity index is 1150. The van der Waals surface area contributed by atoms with Crippen LogP contribution in [0, 0.1) is 5.92 Å². The standard InChI is InChI=1S/C20H24N8O2S/c1-11(2)14-5-4-12(18(23-14)29-3)16-8-22-19-28(16)25-20(31-19)27-9-13-15(24-26-21)6-7-30-17(13)10-27/h4-5,8,11,13,15,17H,6-7,9-10H2,1-3H3/t13-,15?,17+/m1/s1. The number of anilines is 1. The molecule has 0 aliphatic carbocycles. The highest BCUT2D eigenvalue weighted by molar-refractivity contribution is 7.20. The highest BCUT2D eigenvalue weighted by atomic mass is 32.1. The first kappa shape index (κ1) is 20.0. The van der Waals surface area contributed by atoms with Crippen LogP contribution in [0.15, 0.2) is 23.4 Å². The zero-order chi connectivity index (χ0) is 21.5. The van der Waals surface area contributed by atoms with E-state index in [0.717, 1.165) is 46.6 Å². The van der Waals surface area contributed by atoms with Crippen LogP contribution in [-0.2, 0) is 4.74 Å². The van der Waals surface area contributed by atoms with E-state index in [4.69, 9.17) is 20.1 Å². The summed E-state index contributed by atoms with van der Waals surface area (Å²) in [5, 5.41) is 9.73. The van der Waals surface area contributed by atoms with Gasteiger partial charge < -0.3 is 14.4 Å². The molecule has 3 aromatic heterocycles. The molecule has 0 saturated carbocycles. The van der Waals surface area contributed by atoms with E-state index >= 15 is 0 Å². The lowest BCUT2D eigenvalue weighted by molar-refractivity contribution is -0.00894. The Kier molecular flexibility index (Phi) is 5.17. The van der Waals surface area contributed by atoms with Gasteiger partial charge in [-0.05, 0) is 30.0 Å². The van der Waals surface area contributed by atoms with Gasteiger partial charge in [0, 0.05) is 42.3 Å². The molecule has 2 aliphatic rings. The number of rotatable bonds is 5. The topological polar surface area (TPSA) is 114 Å². The third-order valence-corrected chi connectivity index (χ3v) is 7.02. The minimum Gasteiger partial charge on any atom is -0.480 e. The summed E-state index contributed by atoms with van der Waals surface area (Å²) in [6.07, 6.45) is 2.64. The fourth-order valence-corrected chi connectivity index (χ4v) is 5.28. The number of fused-ring (bicyclic) bond motifs is 2. The Morgan fingerprint density at radius 2 is 2.23 bits per heavy atom. The highest BCUT2D eigenvalue weighted by Crippen LogP contribution is 2.37. The molecule has 5 rings (SSSR count). The number of methoxy groups -OCH3 is 1. The van der Waals surface area contributed by atoms with Gasteiger partial charge in [0.2, 0.25) is 16.0 Å². The second-order valence-corrected chi connectivity index (χ2v) is 9.14. The fourth-order valence-electron chi connectivity index (χ4n) is 4.39. The third kappa shape index (κ3) is 3.48. The minimum absolute atomic E-state index is 0.0248. The van der Waals surface area contributed by atoms with Gasteiger partial charge in [-0.1, -0.05) is 30.3 Å². The number of ether oxygens (including phenoxy) is 2. The molecule has 31 heavy (non-hydrogen) atoms. The van der Waals surface area contributed by atoms with Crippen molar-refractivity contribution in [1.29, 1.82) is 0 Å². The number of hydrogen-bond donors (Lipinski definition) is 0. The number of nitrogens with zero attached hydrogens (tertiary/aromatic N) is 8. The van der Waals surface area contributed by atoms with Crippen LogP contribution in [0.5, 0.6) is 5.88 Å². The molecule has 0 aromatic carbocycles. The van der Waals surface area contributed by atoms with Crippen LogP contribution in [0.2, 0.25) is 0 Å². The van der Waals surface area contributed by atoms with Gasteiger partial charge in [-0.3, -0.25) is 0 Å². The average molecular weight is 441 g/mol. The molecule has 5 heterocycles. The zero-order valence-electron chi connectivity index (χ0n) is 17.7. The molecule has 10 nitrogen and oxygen atoms in total. The third-order valence-electron chi connectivity index (χ3n) is 6.04. The molecular weight excluding hydrogens is 416 g/mol. The minimum atomic E-state index is -0.0248. The second-order valence-electron chi connectivity index (χ2n) is 8.21. The number of aromatic nitrogens is 4. The summed E-state index contributed by atoms with van der Waals surface area (Å²) in [5.74, 6) is 1.07. The van der Waals surface area contributed by atoms with Crippen LogP contribution < -0.4 is 9.64 Å². The quantitative estimate of drug-likeness (QED) is 0.338. The lowest BCUT2D eigenvalue weighted by Gasteiger charge is -2.29. The maximum atomic E-state index is 8.88. The second kappa shape index (κ2) is 7.99. The highest BCUT2D eigenvalue weighted by Gasteiger charge is 2.42. The van der Waals surface area contributed by atoms with Crippen molar-refractivity contribution in [2.45, 2.75) is 38.3 Å². The van der Waals surface area contributed by atoms with Crippen LogP contribution in [0.4, 0.5) is 5.13 Å². The Hall–Kier alpha value is -2.88. The summed E-state index contributed by atoms with van der Waals surface area (Å²) < 4.78 is 13.4. The zero-order valence-corrected chi connectivity index (χ0v) is 18.5. The molecule has 2 aliphatic heterocycles. The molecule has 2 fully saturated rings. The fraction of sp³-hybridized carbons (Fsp3) is 0.550. The normalized spacial score (nSPS) is 23.2. The van der Waals surface area contributed by atoms with Crippen molar-refractivity contribution in [1.82, 2.24) is 19.6 Å². The van der Waals surface area contributed by atoms with E-state index in [-0.39, 0.29) is 18.1 Å². The van der Waals surface area contributed by atoms with E-state index in [0.29, 0.717) is 18.4 Å². The van der Waals surface area contributed by atoms with Crippen molar-refractivity contribution in [3.8, 4) is 17.1 Å². The van der Waals surface area contributed by atoms with Crippen LogP contribution >= 0.6 is 11.3 Å². The van der Waals surface area contributed by atoms with E-state index in [1.54, 1.807) is 7.11 Å². The predicted octanol–water partition coefficient (Wildman–Crippen LogP) is 3.89. The van der Waals surface area contributed by atoms with Crippen LogP contribution in [0.3, 0.4) is 0 Å². The lowest BCUT2D eigenvalue weighted by Crippen LogP contribution is -2.37. The van der Waals surface area contributed by atoms with Crippen molar-refractivity contribution >= 4 is 21.4 Å². The summed E-state index contributed by atoms with van der Waals surface area (Å²) in [6.45, 7) is 6.34. The smallest absolute Gasteiger partial charge is 0.222 e. The van der Waals surface area contributed by atoms with Gasteiger partial charge >= 0.3 is 0 Å². The maximum Gasteiger partial charge on any atom is 0.222 e. The van der Waals surface area contributed by atoms with Gasteiger partial charge in [0.15, 0.2) is 0 Å². The Labute approximate surface area is 183 Å². The van der Waals surface area contributed by atoms with Crippen molar-refractivity contribution < 1.29 is 9.47 Å². The Morgan fingerprint density at radius 1 is 1.35 bits per heavy atom. The lowest BCUT2D eigenvalue weighted by atomic mass is 9.92. The van der Waals surface area contributed by atoms with E-state index in [1.165, 1.54) is 11.3 Å². The Balaban J connectivity index is 1.46. The molecule has 3 atom stereocenters. The van der Waals surface area contributed by atoms with Gasteiger partial charge in [0.1, 0.15) is 0 Å². The summed E-state index contributed by atoms with van der Waals surface area (Å²) in [7, 11) is 1.63. The molecule has 3 aromatic rings. The van der Waals surface area contributed by atoms with Gasteiger partial charge in [0.05, 0.1) is 30.7 Å². The van der Waals surface area contributed by atoms with Crippen LogP contribution in [0.25, 0.3) is 26.7 Å². The molecular formula is C20H24N8O2S. The van der Waals surface area contributed by atoms with Crippen LogP contribution in [-0.4, -0.2) is 58.5 Å². The van der Waals surface area contributed by atoms with Gasteiger partial charge in [-0.15, -0.1) is 5.10 Å². The molecule has 11 heteroatoms. The summed E-state index contributed by atoms with van der Waals surface area (Å²) >= 11 is 1.54. The van der Waals surface area contributed by atoms with Crippen LogP contribution in [0.1, 0.15) is 31.9 Å².